The maximum absolute atomic E-state index is 5.03. The minimum atomic E-state index is 0.491. The summed E-state index contributed by atoms with van der Waals surface area (Å²) in [5.41, 5.74) is 0. The predicted molar refractivity (Wildman–Crippen MR) is 39.4 cm³/mol. The van der Waals surface area contributed by atoms with Gasteiger partial charge in [0.15, 0.2) is 0 Å². The first-order valence-corrected chi connectivity index (χ1v) is 3.93. The lowest BCUT2D eigenvalue weighted by atomic mass is 10.4. The molecule has 3 heterocycles. The molecule has 3 aliphatic rings. The average Bonchev–Trinajstić information content (AvgIpc) is 2.62. The van der Waals surface area contributed by atoms with Gasteiger partial charge in [-0.05, 0) is 0 Å². The van der Waals surface area contributed by atoms with Crippen LogP contribution in [0.5, 0.6) is 0 Å². The van der Waals surface area contributed by atoms with Crippen LogP contribution in [-0.4, -0.2) is 38.6 Å². The second-order valence-electron chi connectivity index (χ2n) is 2.76. The first kappa shape index (κ1) is 7.28. The Bertz CT molecular complexity index is 141. The number of hydrogen-bond acceptors (Lipinski definition) is 3. The van der Waals surface area contributed by atoms with Gasteiger partial charge in [0, 0.05) is 0 Å². The van der Waals surface area contributed by atoms with Crippen molar-refractivity contribution < 1.29 is 14.2 Å². The van der Waals surface area contributed by atoms with Crippen molar-refractivity contribution in [3.63, 3.8) is 0 Å². The van der Waals surface area contributed by atoms with Crippen LogP contribution in [0.3, 0.4) is 0 Å². The quantitative estimate of drug-likeness (QED) is 0.375. The van der Waals surface area contributed by atoms with Crippen LogP contribution in [-0.2, 0) is 14.2 Å². The number of hydrogen-bond donors (Lipinski definition) is 0. The molecule has 0 aromatic carbocycles. The minimum absolute atomic E-state index is 0.491. The zero-order chi connectivity index (χ0) is 7.52. The van der Waals surface area contributed by atoms with Crippen molar-refractivity contribution in [1.82, 2.24) is 0 Å². The number of epoxide rings is 1. The van der Waals surface area contributed by atoms with Crippen LogP contribution in [0.15, 0.2) is 12.2 Å². The van der Waals surface area contributed by atoms with E-state index in [-0.39, 0.29) is 0 Å². The lowest BCUT2D eigenvalue weighted by Gasteiger charge is -1.87. The van der Waals surface area contributed by atoms with E-state index in [2.05, 4.69) is 0 Å². The van der Waals surface area contributed by atoms with Crippen molar-refractivity contribution in [2.75, 3.05) is 26.4 Å². The molecule has 11 heavy (non-hydrogen) atoms. The topological polar surface area (TPSA) is 31.0 Å². The van der Waals surface area contributed by atoms with Gasteiger partial charge in [0.05, 0.1) is 26.4 Å². The van der Waals surface area contributed by atoms with Crippen LogP contribution in [0.1, 0.15) is 0 Å². The molecule has 0 N–H and O–H groups in total. The molecule has 62 valence electrons. The van der Waals surface area contributed by atoms with Gasteiger partial charge in [0.2, 0.25) is 0 Å². The fraction of sp³-hybridized carbons (Fsp3) is 0.750. The Kier molecular flexibility index (Phi) is 2.21. The Morgan fingerprint density at radius 3 is 1.73 bits per heavy atom. The van der Waals surface area contributed by atoms with Crippen LogP contribution in [0.4, 0.5) is 0 Å². The van der Waals surface area contributed by atoms with Gasteiger partial charge in [-0.1, -0.05) is 12.2 Å². The molecule has 0 amide bonds. The fourth-order valence-electron chi connectivity index (χ4n) is 1.11. The van der Waals surface area contributed by atoms with Crippen molar-refractivity contribution in [3.05, 3.63) is 12.2 Å². The molecule has 0 aromatic rings. The SMILES string of the molecule is C1=CCOC1.C1OCC2OC12. The molecular weight excluding hydrogens is 144 g/mol. The molecule has 3 heteroatoms. The maximum atomic E-state index is 5.03. The van der Waals surface area contributed by atoms with Gasteiger partial charge < -0.3 is 14.2 Å². The summed E-state index contributed by atoms with van der Waals surface area (Å²) in [5.74, 6) is 0. The molecule has 2 saturated heterocycles. The maximum Gasteiger partial charge on any atom is 0.110 e. The van der Waals surface area contributed by atoms with E-state index < -0.39 is 0 Å². The van der Waals surface area contributed by atoms with E-state index in [4.69, 9.17) is 14.2 Å². The third-order valence-electron chi connectivity index (χ3n) is 1.85. The summed E-state index contributed by atoms with van der Waals surface area (Å²) in [6.45, 7) is 3.31. The molecule has 3 aliphatic heterocycles. The second-order valence-corrected chi connectivity index (χ2v) is 2.76. The zero-order valence-electron chi connectivity index (χ0n) is 6.36. The molecule has 0 radical (unpaired) electrons. The highest BCUT2D eigenvalue weighted by atomic mass is 16.7. The summed E-state index contributed by atoms with van der Waals surface area (Å²) in [4.78, 5) is 0. The number of ether oxygens (including phenoxy) is 3. The van der Waals surface area contributed by atoms with Crippen molar-refractivity contribution >= 4 is 0 Å². The standard InChI is InChI=1S/C4H6O2.C4H6O/c1-3-4(6-3)2-5-1;1-2-4-5-3-1/h3-4H,1-2H2;1-2H,3-4H2. The van der Waals surface area contributed by atoms with Gasteiger partial charge in [0.1, 0.15) is 12.2 Å². The molecule has 2 unspecified atom stereocenters. The van der Waals surface area contributed by atoms with Crippen molar-refractivity contribution in [2.24, 2.45) is 0 Å². The Hall–Kier alpha value is -0.380. The van der Waals surface area contributed by atoms with Crippen LogP contribution < -0.4 is 0 Å². The summed E-state index contributed by atoms with van der Waals surface area (Å²) in [5, 5.41) is 0. The van der Waals surface area contributed by atoms with Gasteiger partial charge in [-0.2, -0.15) is 0 Å². The smallest absolute Gasteiger partial charge is 0.110 e. The van der Waals surface area contributed by atoms with Gasteiger partial charge in [-0.25, -0.2) is 0 Å². The fourth-order valence-corrected chi connectivity index (χ4v) is 1.11. The largest absolute Gasteiger partial charge is 0.376 e. The molecule has 2 fully saturated rings. The third kappa shape index (κ3) is 2.02. The summed E-state index contributed by atoms with van der Waals surface area (Å²) in [7, 11) is 0. The third-order valence-corrected chi connectivity index (χ3v) is 1.85. The molecule has 0 aromatic heterocycles. The second kappa shape index (κ2) is 3.34. The van der Waals surface area contributed by atoms with Gasteiger partial charge in [0.25, 0.3) is 0 Å². The highest BCUT2D eigenvalue weighted by molar-refractivity contribution is 4.88. The first-order valence-electron chi connectivity index (χ1n) is 3.93. The summed E-state index contributed by atoms with van der Waals surface area (Å²) in [6, 6.07) is 0. The van der Waals surface area contributed by atoms with E-state index in [1.165, 1.54) is 0 Å². The lowest BCUT2D eigenvalue weighted by Crippen LogP contribution is -1.91. The van der Waals surface area contributed by atoms with Crippen molar-refractivity contribution in [2.45, 2.75) is 12.2 Å². The Labute approximate surface area is 65.9 Å². The molecular formula is C8H12O3. The monoisotopic (exact) mass is 156 g/mol. The van der Waals surface area contributed by atoms with Crippen LogP contribution in [0, 0.1) is 0 Å². The molecule has 2 atom stereocenters. The highest BCUT2D eigenvalue weighted by Gasteiger charge is 2.43. The van der Waals surface area contributed by atoms with E-state index in [1.54, 1.807) is 0 Å². The van der Waals surface area contributed by atoms with Gasteiger partial charge >= 0.3 is 0 Å². The molecule has 0 aliphatic carbocycles. The van der Waals surface area contributed by atoms with E-state index >= 15 is 0 Å². The Morgan fingerprint density at radius 1 is 0.909 bits per heavy atom. The van der Waals surface area contributed by atoms with Gasteiger partial charge in [-0.15, -0.1) is 0 Å². The highest BCUT2D eigenvalue weighted by Crippen LogP contribution is 2.27. The normalized spacial score (nSPS) is 37.8. The Balaban J connectivity index is 0.0000000893. The van der Waals surface area contributed by atoms with E-state index in [0.717, 1.165) is 26.4 Å². The summed E-state index contributed by atoms with van der Waals surface area (Å²) >= 11 is 0. The molecule has 0 spiro atoms. The molecule has 3 nitrogen and oxygen atoms in total. The van der Waals surface area contributed by atoms with E-state index in [9.17, 15) is 0 Å². The summed E-state index contributed by atoms with van der Waals surface area (Å²) in [6.07, 6.45) is 5.01. The average molecular weight is 156 g/mol. The van der Waals surface area contributed by atoms with Crippen LogP contribution in [0.25, 0.3) is 0 Å². The van der Waals surface area contributed by atoms with E-state index in [0.29, 0.717) is 12.2 Å². The number of rotatable bonds is 0. The van der Waals surface area contributed by atoms with E-state index in [1.807, 2.05) is 12.2 Å². The Morgan fingerprint density at radius 2 is 1.55 bits per heavy atom. The van der Waals surface area contributed by atoms with Gasteiger partial charge in [-0.3, -0.25) is 0 Å². The van der Waals surface area contributed by atoms with Crippen molar-refractivity contribution in [1.29, 1.82) is 0 Å². The van der Waals surface area contributed by atoms with Crippen LogP contribution >= 0.6 is 0 Å². The zero-order valence-corrected chi connectivity index (χ0v) is 6.36. The van der Waals surface area contributed by atoms with Crippen LogP contribution in [0.2, 0.25) is 0 Å². The molecule has 0 saturated carbocycles. The molecule has 0 bridgehead atoms. The van der Waals surface area contributed by atoms with Crippen molar-refractivity contribution in [3.8, 4) is 0 Å². The number of fused-ring (bicyclic) bond motifs is 1. The minimum Gasteiger partial charge on any atom is -0.376 e. The first-order chi connectivity index (χ1) is 5.47. The lowest BCUT2D eigenvalue weighted by molar-refractivity contribution is 0.100. The summed E-state index contributed by atoms with van der Waals surface area (Å²) < 4.78 is 14.8. The molecule has 3 rings (SSSR count). The predicted octanol–water partition coefficient (Wildman–Crippen LogP) is 0.357.